The van der Waals surface area contributed by atoms with Crippen LogP contribution in [0, 0.1) is 0 Å². The summed E-state index contributed by atoms with van der Waals surface area (Å²) in [5, 5.41) is 1.27. The van der Waals surface area contributed by atoms with Crippen molar-refractivity contribution in [2.75, 3.05) is 24.2 Å². The van der Waals surface area contributed by atoms with Crippen LogP contribution in [0.5, 0.6) is 0 Å². The minimum Gasteiger partial charge on any atom is -0.355 e. The first-order valence-electron chi connectivity index (χ1n) is 5.04. The van der Waals surface area contributed by atoms with Gasteiger partial charge in [-0.15, -0.1) is 23.4 Å². The van der Waals surface area contributed by atoms with E-state index < -0.39 is 0 Å². The van der Waals surface area contributed by atoms with Crippen molar-refractivity contribution >= 4 is 29.2 Å². The monoisotopic (exact) mass is 243 g/mol. The molecule has 0 saturated carbocycles. The number of rotatable bonds is 2. The summed E-state index contributed by atoms with van der Waals surface area (Å²) in [4.78, 5) is 10.7. The highest BCUT2D eigenvalue weighted by molar-refractivity contribution is 7.98. The second kappa shape index (κ2) is 5.03. The summed E-state index contributed by atoms with van der Waals surface area (Å²) in [6, 6.07) is 2.03. The van der Waals surface area contributed by atoms with Crippen LogP contribution in [0.1, 0.15) is 12.8 Å². The molecule has 0 bridgehead atoms. The van der Waals surface area contributed by atoms with Gasteiger partial charge in [-0.2, -0.15) is 0 Å². The fraction of sp³-hybridized carbons (Fsp3) is 0.600. The maximum atomic E-state index is 6.14. The largest absolute Gasteiger partial charge is 0.355 e. The highest BCUT2D eigenvalue weighted by Gasteiger charge is 2.19. The van der Waals surface area contributed by atoms with Gasteiger partial charge in [-0.05, 0) is 19.1 Å². The van der Waals surface area contributed by atoms with Gasteiger partial charge in [0.2, 0.25) is 0 Å². The Morgan fingerprint density at radius 1 is 1.53 bits per heavy atom. The lowest BCUT2D eigenvalue weighted by molar-refractivity contribution is 0.579. The molecule has 0 N–H and O–H groups in total. The molecule has 1 aliphatic heterocycles. The molecule has 1 saturated heterocycles. The molecule has 3 nitrogen and oxygen atoms in total. The second-order valence-electron chi connectivity index (χ2n) is 3.60. The Labute approximate surface area is 99.2 Å². The molecule has 1 aliphatic rings. The molecule has 1 atom stereocenters. The van der Waals surface area contributed by atoms with E-state index in [1.807, 2.05) is 12.3 Å². The maximum Gasteiger partial charge on any atom is 0.133 e. The fourth-order valence-corrected chi connectivity index (χ4v) is 2.44. The van der Waals surface area contributed by atoms with Crippen LogP contribution in [0.2, 0.25) is 0 Å². The molecule has 82 valence electrons. The molecule has 5 heteroatoms. The van der Waals surface area contributed by atoms with Gasteiger partial charge in [0.05, 0.1) is 5.38 Å². The van der Waals surface area contributed by atoms with Gasteiger partial charge in [-0.25, -0.2) is 9.97 Å². The van der Waals surface area contributed by atoms with Crippen LogP contribution in [0.3, 0.4) is 0 Å². The standard InChI is InChI=1S/C10H14ClN3S/c1-15-10-5-9(12-7-13-10)14-4-2-3-8(11)6-14/h5,7-8H,2-4,6H2,1H3. The molecule has 0 aliphatic carbocycles. The van der Waals surface area contributed by atoms with Gasteiger partial charge in [-0.1, -0.05) is 0 Å². The average molecular weight is 244 g/mol. The van der Waals surface area contributed by atoms with Crippen LogP contribution in [-0.4, -0.2) is 34.7 Å². The average Bonchev–Trinajstić information content (AvgIpc) is 2.29. The number of hydrogen-bond donors (Lipinski definition) is 0. The van der Waals surface area contributed by atoms with Gasteiger partial charge in [0, 0.05) is 19.2 Å². The third kappa shape index (κ3) is 2.75. The third-order valence-electron chi connectivity index (χ3n) is 2.52. The van der Waals surface area contributed by atoms with Crippen molar-refractivity contribution in [2.24, 2.45) is 0 Å². The number of aromatic nitrogens is 2. The summed E-state index contributed by atoms with van der Waals surface area (Å²) in [7, 11) is 0. The topological polar surface area (TPSA) is 29.0 Å². The van der Waals surface area contributed by atoms with E-state index in [4.69, 9.17) is 11.6 Å². The molecule has 0 amide bonds. The van der Waals surface area contributed by atoms with Crippen molar-refractivity contribution in [1.82, 2.24) is 9.97 Å². The van der Waals surface area contributed by atoms with Crippen molar-refractivity contribution in [3.8, 4) is 0 Å². The van der Waals surface area contributed by atoms with E-state index in [1.165, 1.54) is 0 Å². The van der Waals surface area contributed by atoms with E-state index in [2.05, 4.69) is 14.9 Å². The summed E-state index contributed by atoms with van der Waals surface area (Å²) in [6.07, 6.45) is 5.90. The van der Waals surface area contributed by atoms with Crippen LogP contribution >= 0.6 is 23.4 Å². The zero-order valence-electron chi connectivity index (χ0n) is 8.69. The number of anilines is 1. The normalized spacial score (nSPS) is 21.7. The Morgan fingerprint density at radius 3 is 3.13 bits per heavy atom. The van der Waals surface area contributed by atoms with Crippen molar-refractivity contribution in [3.63, 3.8) is 0 Å². The summed E-state index contributed by atoms with van der Waals surface area (Å²) in [5.41, 5.74) is 0. The second-order valence-corrected chi connectivity index (χ2v) is 5.05. The lowest BCUT2D eigenvalue weighted by Gasteiger charge is -2.30. The van der Waals surface area contributed by atoms with Crippen LogP contribution < -0.4 is 4.90 Å². The van der Waals surface area contributed by atoms with E-state index in [1.54, 1.807) is 18.1 Å². The molecule has 1 aromatic rings. The van der Waals surface area contributed by atoms with Crippen LogP contribution in [0.4, 0.5) is 5.82 Å². The predicted molar refractivity (Wildman–Crippen MR) is 64.9 cm³/mol. The van der Waals surface area contributed by atoms with Crippen LogP contribution in [0.15, 0.2) is 17.4 Å². The van der Waals surface area contributed by atoms with E-state index in [-0.39, 0.29) is 5.38 Å². The van der Waals surface area contributed by atoms with E-state index in [9.17, 15) is 0 Å². The molecule has 0 spiro atoms. The van der Waals surface area contributed by atoms with Crippen LogP contribution in [0.25, 0.3) is 0 Å². The van der Waals surface area contributed by atoms with Crippen molar-refractivity contribution in [2.45, 2.75) is 23.2 Å². The van der Waals surface area contributed by atoms with Crippen LogP contribution in [-0.2, 0) is 0 Å². The smallest absolute Gasteiger partial charge is 0.133 e. The lowest BCUT2D eigenvalue weighted by Crippen LogP contribution is -2.36. The fourth-order valence-electron chi connectivity index (χ4n) is 1.75. The minimum absolute atomic E-state index is 0.256. The first-order chi connectivity index (χ1) is 7.29. The Hall–Kier alpha value is -0.480. The highest BCUT2D eigenvalue weighted by atomic mass is 35.5. The molecule has 1 unspecified atom stereocenters. The van der Waals surface area contributed by atoms with Crippen molar-refractivity contribution in [3.05, 3.63) is 12.4 Å². The molecule has 2 heterocycles. The Balaban J connectivity index is 2.13. The summed E-state index contributed by atoms with van der Waals surface area (Å²) >= 11 is 7.78. The molecule has 15 heavy (non-hydrogen) atoms. The Kier molecular flexibility index (Phi) is 3.70. The van der Waals surface area contributed by atoms with E-state index >= 15 is 0 Å². The van der Waals surface area contributed by atoms with E-state index in [0.717, 1.165) is 36.8 Å². The quantitative estimate of drug-likeness (QED) is 0.453. The number of halogens is 1. The highest BCUT2D eigenvalue weighted by Crippen LogP contribution is 2.22. The Morgan fingerprint density at radius 2 is 2.40 bits per heavy atom. The van der Waals surface area contributed by atoms with Gasteiger partial charge in [0.1, 0.15) is 17.2 Å². The number of alkyl halides is 1. The summed E-state index contributed by atoms with van der Waals surface area (Å²) < 4.78 is 0. The predicted octanol–water partition coefficient (Wildman–Crippen LogP) is 2.41. The summed E-state index contributed by atoms with van der Waals surface area (Å²) in [5.74, 6) is 1.000. The SMILES string of the molecule is CSc1cc(N2CCCC(Cl)C2)ncn1. The number of piperidine rings is 1. The lowest BCUT2D eigenvalue weighted by atomic mass is 10.1. The van der Waals surface area contributed by atoms with Crippen molar-refractivity contribution < 1.29 is 0 Å². The number of hydrogen-bond acceptors (Lipinski definition) is 4. The molecule has 2 rings (SSSR count). The molecular weight excluding hydrogens is 230 g/mol. The molecule has 1 fully saturated rings. The molecule has 0 aromatic carbocycles. The van der Waals surface area contributed by atoms with Gasteiger partial charge in [0.25, 0.3) is 0 Å². The zero-order valence-corrected chi connectivity index (χ0v) is 10.3. The zero-order chi connectivity index (χ0) is 10.7. The van der Waals surface area contributed by atoms with Gasteiger partial charge >= 0.3 is 0 Å². The summed E-state index contributed by atoms with van der Waals surface area (Å²) in [6.45, 7) is 1.94. The molecule has 0 radical (unpaired) electrons. The van der Waals surface area contributed by atoms with Gasteiger partial charge < -0.3 is 4.90 Å². The minimum atomic E-state index is 0.256. The molecule has 1 aromatic heterocycles. The Bertz CT molecular complexity index is 334. The number of nitrogens with zero attached hydrogens (tertiary/aromatic N) is 3. The number of thioether (sulfide) groups is 1. The third-order valence-corrected chi connectivity index (χ3v) is 3.52. The van der Waals surface area contributed by atoms with Gasteiger partial charge in [0.15, 0.2) is 0 Å². The maximum absolute atomic E-state index is 6.14. The molecular formula is C10H14ClN3S. The van der Waals surface area contributed by atoms with E-state index in [0.29, 0.717) is 0 Å². The van der Waals surface area contributed by atoms with Crippen molar-refractivity contribution in [1.29, 1.82) is 0 Å². The first kappa shape index (κ1) is 11.0. The first-order valence-corrected chi connectivity index (χ1v) is 6.71. The van der Waals surface area contributed by atoms with Gasteiger partial charge in [-0.3, -0.25) is 0 Å².